The van der Waals surface area contributed by atoms with Crippen molar-refractivity contribution in [3.63, 3.8) is 0 Å². The number of aryl methyl sites for hydroxylation is 2. The third-order valence-electron chi connectivity index (χ3n) is 4.26. The number of aromatic amines is 1. The van der Waals surface area contributed by atoms with Crippen molar-refractivity contribution >= 4 is 5.91 Å². The number of hydrogen-bond acceptors (Lipinski definition) is 4. The van der Waals surface area contributed by atoms with Crippen LogP contribution in [-0.2, 0) is 11.2 Å². The third-order valence-corrected chi connectivity index (χ3v) is 4.26. The molecule has 1 atom stereocenters. The van der Waals surface area contributed by atoms with Crippen LogP contribution >= 0.6 is 0 Å². The Kier molecular flexibility index (Phi) is 5.05. The summed E-state index contributed by atoms with van der Waals surface area (Å²) >= 11 is 0. The van der Waals surface area contributed by atoms with Crippen LogP contribution in [0.3, 0.4) is 0 Å². The van der Waals surface area contributed by atoms with Gasteiger partial charge >= 0.3 is 0 Å². The maximum Gasteiger partial charge on any atom is 0.254 e. The van der Waals surface area contributed by atoms with Gasteiger partial charge in [0.2, 0.25) is 0 Å². The van der Waals surface area contributed by atoms with Crippen molar-refractivity contribution in [3.8, 4) is 0 Å². The minimum absolute atomic E-state index is 0.0344. The molecule has 2 heterocycles. The Morgan fingerprint density at radius 2 is 2.25 bits per heavy atom. The molecule has 126 valence electrons. The fourth-order valence-electron chi connectivity index (χ4n) is 2.92. The van der Waals surface area contributed by atoms with E-state index in [1.807, 2.05) is 36.1 Å². The van der Waals surface area contributed by atoms with E-state index in [1.165, 1.54) is 12.4 Å². The first-order chi connectivity index (χ1) is 11.6. The molecule has 1 fully saturated rings. The van der Waals surface area contributed by atoms with Crippen LogP contribution < -0.4 is 5.56 Å². The first-order valence-corrected chi connectivity index (χ1v) is 8.13. The van der Waals surface area contributed by atoms with E-state index in [0.717, 1.165) is 23.2 Å². The Labute approximate surface area is 140 Å². The van der Waals surface area contributed by atoms with Gasteiger partial charge in [0.05, 0.1) is 19.0 Å². The van der Waals surface area contributed by atoms with Crippen LogP contribution in [0.4, 0.5) is 0 Å². The van der Waals surface area contributed by atoms with Crippen molar-refractivity contribution in [3.05, 3.63) is 63.8 Å². The highest BCUT2D eigenvalue weighted by Gasteiger charge is 2.25. The third kappa shape index (κ3) is 3.89. The molecule has 6 heteroatoms. The molecule has 0 radical (unpaired) electrons. The average molecular weight is 327 g/mol. The molecule has 1 aromatic heterocycles. The monoisotopic (exact) mass is 327 g/mol. The first kappa shape index (κ1) is 16.4. The lowest BCUT2D eigenvalue weighted by Gasteiger charge is -2.33. The summed E-state index contributed by atoms with van der Waals surface area (Å²) in [5, 5.41) is 0. The fraction of sp³-hybridized carbons (Fsp3) is 0.389. The molecule has 3 rings (SSSR count). The number of nitrogens with zero attached hydrogens (tertiary/aromatic N) is 2. The predicted octanol–water partition coefficient (Wildman–Crippen LogP) is 1.55. The van der Waals surface area contributed by atoms with E-state index >= 15 is 0 Å². The van der Waals surface area contributed by atoms with Gasteiger partial charge in [-0.3, -0.25) is 9.59 Å². The summed E-state index contributed by atoms with van der Waals surface area (Å²) in [6.07, 6.45) is 2.76. The van der Waals surface area contributed by atoms with Gasteiger partial charge in [-0.1, -0.05) is 18.2 Å². The van der Waals surface area contributed by atoms with Gasteiger partial charge in [-0.25, -0.2) is 4.98 Å². The molecule has 1 aliphatic heterocycles. The average Bonchev–Trinajstić information content (AvgIpc) is 2.60. The van der Waals surface area contributed by atoms with Crippen molar-refractivity contribution in [2.24, 2.45) is 0 Å². The van der Waals surface area contributed by atoms with Crippen LogP contribution in [0.5, 0.6) is 0 Å². The van der Waals surface area contributed by atoms with Gasteiger partial charge in [-0.05, 0) is 31.4 Å². The number of benzene rings is 1. The summed E-state index contributed by atoms with van der Waals surface area (Å²) in [4.78, 5) is 32.5. The lowest BCUT2D eigenvalue weighted by molar-refractivity contribution is -0.0247. The molecule has 1 amide bonds. The Morgan fingerprint density at radius 1 is 1.42 bits per heavy atom. The van der Waals surface area contributed by atoms with Crippen LogP contribution in [0.25, 0.3) is 0 Å². The minimum atomic E-state index is -0.152. The van der Waals surface area contributed by atoms with E-state index in [9.17, 15) is 9.59 Å². The number of H-pyrrole nitrogens is 1. The molecular weight excluding hydrogens is 306 g/mol. The van der Waals surface area contributed by atoms with Gasteiger partial charge in [-0.15, -0.1) is 0 Å². The number of hydrogen-bond donors (Lipinski definition) is 1. The van der Waals surface area contributed by atoms with Gasteiger partial charge < -0.3 is 14.6 Å². The largest absolute Gasteiger partial charge is 0.375 e. The molecule has 0 saturated carbocycles. The van der Waals surface area contributed by atoms with Crippen molar-refractivity contribution in [1.29, 1.82) is 0 Å². The van der Waals surface area contributed by atoms with Crippen LogP contribution in [-0.4, -0.2) is 46.6 Å². The molecule has 0 spiro atoms. The van der Waals surface area contributed by atoms with E-state index in [4.69, 9.17) is 4.74 Å². The van der Waals surface area contributed by atoms with E-state index in [-0.39, 0.29) is 17.6 Å². The lowest BCUT2D eigenvalue weighted by atomic mass is 10.1. The number of aromatic nitrogens is 2. The molecule has 2 aromatic rings. The number of nitrogens with one attached hydrogen (secondary N) is 1. The minimum Gasteiger partial charge on any atom is -0.375 e. The second-order valence-corrected chi connectivity index (χ2v) is 6.00. The highest BCUT2D eigenvalue weighted by atomic mass is 16.5. The first-order valence-electron chi connectivity index (χ1n) is 8.13. The van der Waals surface area contributed by atoms with Crippen molar-refractivity contribution in [1.82, 2.24) is 14.9 Å². The highest BCUT2D eigenvalue weighted by molar-refractivity contribution is 5.95. The second kappa shape index (κ2) is 7.40. The zero-order chi connectivity index (χ0) is 16.9. The number of carbonyl (C=O) groups excluding carboxylic acids is 1. The number of rotatable bonds is 4. The van der Waals surface area contributed by atoms with Crippen LogP contribution in [0.2, 0.25) is 0 Å². The van der Waals surface area contributed by atoms with E-state index in [2.05, 4.69) is 9.97 Å². The molecule has 0 aliphatic carbocycles. The van der Waals surface area contributed by atoms with Crippen LogP contribution in [0.1, 0.15) is 28.0 Å². The molecule has 24 heavy (non-hydrogen) atoms. The van der Waals surface area contributed by atoms with E-state index in [0.29, 0.717) is 26.1 Å². The number of carbonyl (C=O) groups is 1. The van der Waals surface area contributed by atoms with Crippen LogP contribution in [0.15, 0.2) is 41.5 Å². The normalized spacial score (nSPS) is 17.7. The van der Waals surface area contributed by atoms with Crippen molar-refractivity contribution in [2.75, 3.05) is 19.7 Å². The molecule has 1 N–H and O–H groups in total. The van der Waals surface area contributed by atoms with Gasteiger partial charge in [0.15, 0.2) is 0 Å². The number of morpholine rings is 1. The Morgan fingerprint density at radius 3 is 3.04 bits per heavy atom. The zero-order valence-electron chi connectivity index (χ0n) is 13.7. The smallest absolute Gasteiger partial charge is 0.254 e. The summed E-state index contributed by atoms with van der Waals surface area (Å²) in [6, 6.07) is 9.13. The van der Waals surface area contributed by atoms with Gasteiger partial charge in [0, 0.05) is 30.4 Å². The lowest BCUT2D eigenvalue weighted by Crippen LogP contribution is -2.46. The van der Waals surface area contributed by atoms with E-state index < -0.39 is 0 Å². The topological polar surface area (TPSA) is 75.3 Å². The Balaban J connectivity index is 1.61. The fourth-order valence-corrected chi connectivity index (χ4v) is 2.92. The molecule has 1 saturated heterocycles. The standard InChI is InChI=1S/C18H21N3O3/c1-13-4-2-3-5-16(13)18(23)21-8-9-24-15(11-21)7-6-14-10-17(22)20-12-19-14/h2-5,10,12,15H,6-9,11H2,1H3,(H,19,20,22)/t15-/m0/s1. The summed E-state index contributed by atoms with van der Waals surface area (Å²) in [6.45, 7) is 3.65. The van der Waals surface area contributed by atoms with Crippen molar-refractivity contribution < 1.29 is 9.53 Å². The molecule has 0 unspecified atom stereocenters. The summed E-state index contributed by atoms with van der Waals surface area (Å²) < 4.78 is 5.77. The SMILES string of the molecule is Cc1ccccc1C(=O)N1CCO[C@@H](CCc2cc(=O)[nH]cn2)C1. The Bertz CT molecular complexity index is 772. The zero-order valence-corrected chi connectivity index (χ0v) is 13.7. The molecule has 1 aromatic carbocycles. The molecule has 1 aliphatic rings. The Hall–Kier alpha value is -2.47. The summed E-state index contributed by atoms with van der Waals surface area (Å²) in [5.41, 5.74) is 2.32. The quantitative estimate of drug-likeness (QED) is 0.924. The maximum absolute atomic E-state index is 12.7. The maximum atomic E-state index is 12.7. The molecular formula is C18H21N3O3. The van der Waals surface area contributed by atoms with Crippen molar-refractivity contribution in [2.45, 2.75) is 25.9 Å². The van der Waals surface area contributed by atoms with Gasteiger partial charge in [0.25, 0.3) is 11.5 Å². The van der Waals surface area contributed by atoms with E-state index in [1.54, 1.807) is 0 Å². The van der Waals surface area contributed by atoms with Gasteiger partial charge in [0.1, 0.15) is 0 Å². The molecule has 6 nitrogen and oxygen atoms in total. The summed E-state index contributed by atoms with van der Waals surface area (Å²) in [7, 11) is 0. The number of ether oxygens (including phenoxy) is 1. The summed E-state index contributed by atoms with van der Waals surface area (Å²) in [5.74, 6) is 0.0516. The predicted molar refractivity (Wildman–Crippen MR) is 90.0 cm³/mol. The second-order valence-electron chi connectivity index (χ2n) is 6.00. The number of amides is 1. The highest BCUT2D eigenvalue weighted by Crippen LogP contribution is 2.16. The van der Waals surface area contributed by atoms with Gasteiger partial charge in [-0.2, -0.15) is 0 Å². The molecule has 0 bridgehead atoms. The van der Waals surface area contributed by atoms with Crippen LogP contribution in [0, 0.1) is 6.92 Å².